The zero-order chi connectivity index (χ0) is 25.3. The number of ether oxygens (including phenoxy) is 3. The Bertz CT molecular complexity index is 1240. The second-order valence-corrected chi connectivity index (χ2v) is 8.72. The number of carbonyl (C=O) groups excluding carboxylic acids is 1. The average Bonchev–Trinajstić information content (AvgIpc) is 3.28. The van der Waals surface area contributed by atoms with Crippen LogP contribution < -0.4 is 9.47 Å². The summed E-state index contributed by atoms with van der Waals surface area (Å²) in [5, 5.41) is 4.39. The van der Waals surface area contributed by atoms with Crippen LogP contribution >= 0.6 is 0 Å². The van der Waals surface area contributed by atoms with E-state index < -0.39 is 18.6 Å². The summed E-state index contributed by atoms with van der Waals surface area (Å²) < 4.78 is 56.9. The van der Waals surface area contributed by atoms with Gasteiger partial charge in [0.05, 0.1) is 44.5 Å². The number of benzene rings is 1. The fourth-order valence-electron chi connectivity index (χ4n) is 4.57. The fraction of sp³-hybridized carbons (Fsp3) is 0.458. The van der Waals surface area contributed by atoms with Crippen molar-refractivity contribution in [3.05, 3.63) is 41.9 Å². The molecule has 12 heteroatoms. The molecule has 0 unspecified atom stereocenters. The number of hydrogen-bond donors (Lipinski definition) is 0. The van der Waals surface area contributed by atoms with Gasteiger partial charge in [-0.25, -0.2) is 9.50 Å². The number of amides is 1. The van der Waals surface area contributed by atoms with Crippen molar-refractivity contribution < 1.29 is 32.2 Å². The summed E-state index contributed by atoms with van der Waals surface area (Å²) in [5.74, 6) is 0.124. The third kappa shape index (κ3) is 5.09. The van der Waals surface area contributed by atoms with Gasteiger partial charge in [-0.2, -0.15) is 18.3 Å². The van der Waals surface area contributed by atoms with E-state index in [9.17, 15) is 18.0 Å². The van der Waals surface area contributed by atoms with Gasteiger partial charge in [0.25, 0.3) is 5.91 Å². The number of fused-ring (bicyclic) bond motifs is 2. The molecule has 36 heavy (non-hydrogen) atoms. The first kappa shape index (κ1) is 24.3. The number of alkyl halides is 3. The van der Waals surface area contributed by atoms with Crippen molar-refractivity contribution in [3.8, 4) is 22.6 Å². The monoisotopic (exact) mass is 505 g/mol. The Balaban J connectivity index is 1.36. The molecule has 0 N–H and O–H groups in total. The summed E-state index contributed by atoms with van der Waals surface area (Å²) in [5.41, 5.74) is 2.80. The van der Waals surface area contributed by atoms with Crippen molar-refractivity contribution >= 4 is 11.6 Å². The number of aromatic nitrogens is 3. The van der Waals surface area contributed by atoms with E-state index in [4.69, 9.17) is 14.2 Å². The summed E-state index contributed by atoms with van der Waals surface area (Å²) in [6.07, 6.45) is 0.859. The molecule has 5 rings (SSSR count). The Morgan fingerprint density at radius 1 is 1.14 bits per heavy atom. The van der Waals surface area contributed by atoms with Crippen molar-refractivity contribution in [1.82, 2.24) is 24.4 Å². The van der Waals surface area contributed by atoms with E-state index in [1.807, 2.05) is 0 Å². The lowest BCUT2D eigenvalue weighted by atomic mass is 9.93. The summed E-state index contributed by atoms with van der Waals surface area (Å²) in [6, 6.07) is 3.44. The van der Waals surface area contributed by atoms with Crippen molar-refractivity contribution in [2.75, 3.05) is 59.7 Å². The Morgan fingerprint density at radius 2 is 1.94 bits per heavy atom. The van der Waals surface area contributed by atoms with Crippen molar-refractivity contribution in [3.63, 3.8) is 0 Å². The van der Waals surface area contributed by atoms with Gasteiger partial charge in [-0.15, -0.1) is 0 Å². The minimum absolute atomic E-state index is 0.0177. The summed E-state index contributed by atoms with van der Waals surface area (Å²) in [7, 11) is 1.39. The Hall–Kier alpha value is -3.38. The summed E-state index contributed by atoms with van der Waals surface area (Å²) >= 11 is 0. The molecule has 9 nitrogen and oxygen atoms in total. The number of methoxy groups -OCH3 is 1. The first-order chi connectivity index (χ1) is 17.3. The molecule has 2 aliphatic heterocycles. The highest BCUT2D eigenvalue weighted by Crippen LogP contribution is 2.36. The topological polar surface area (TPSA) is 81.4 Å². The van der Waals surface area contributed by atoms with Crippen molar-refractivity contribution in [1.29, 1.82) is 0 Å². The number of rotatable bonds is 7. The average molecular weight is 505 g/mol. The predicted octanol–water partition coefficient (Wildman–Crippen LogP) is 2.68. The first-order valence-electron chi connectivity index (χ1n) is 11.7. The Labute approximate surface area is 205 Å². The fourth-order valence-corrected chi connectivity index (χ4v) is 4.57. The molecule has 4 heterocycles. The minimum atomic E-state index is -4.46. The van der Waals surface area contributed by atoms with E-state index >= 15 is 0 Å². The van der Waals surface area contributed by atoms with Crippen LogP contribution in [0.2, 0.25) is 0 Å². The van der Waals surface area contributed by atoms with Gasteiger partial charge < -0.3 is 19.1 Å². The van der Waals surface area contributed by atoms with Gasteiger partial charge in [-0.3, -0.25) is 9.69 Å². The van der Waals surface area contributed by atoms with Crippen LogP contribution in [-0.2, 0) is 11.2 Å². The zero-order valence-corrected chi connectivity index (χ0v) is 19.8. The number of morpholine rings is 1. The molecule has 0 radical (unpaired) electrons. The molecular weight excluding hydrogens is 479 g/mol. The number of hydrogen-bond acceptors (Lipinski definition) is 7. The second-order valence-electron chi connectivity index (χ2n) is 8.72. The van der Waals surface area contributed by atoms with Crippen molar-refractivity contribution in [2.24, 2.45) is 0 Å². The number of nitrogens with zero attached hydrogens (tertiary/aromatic N) is 5. The molecule has 3 aromatic rings. The molecule has 0 atom stereocenters. The predicted molar refractivity (Wildman–Crippen MR) is 123 cm³/mol. The van der Waals surface area contributed by atoms with Crippen LogP contribution in [0.5, 0.6) is 11.5 Å². The van der Waals surface area contributed by atoms with E-state index in [0.29, 0.717) is 34.7 Å². The Kier molecular flexibility index (Phi) is 6.71. The van der Waals surface area contributed by atoms with E-state index in [1.165, 1.54) is 7.11 Å². The standard InChI is InChI=1S/C24H26F3N5O4/c1-34-20-11-17(10-16-2-3-31(15-24(25,26)27)23(33)21(16)20)19-13-29-32-14-18(12-28-22(19)32)36-9-6-30-4-7-35-8-5-30/h10-14H,2-9,15H2,1H3. The molecule has 1 fully saturated rings. The smallest absolute Gasteiger partial charge is 0.406 e. The third-order valence-corrected chi connectivity index (χ3v) is 6.35. The lowest BCUT2D eigenvalue weighted by Crippen LogP contribution is -2.43. The van der Waals surface area contributed by atoms with Gasteiger partial charge in [0.1, 0.15) is 18.9 Å². The largest absolute Gasteiger partial charge is 0.496 e. The third-order valence-electron chi connectivity index (χ3n) is 6.35. The highest BCUT2D eigenvalue weighted by molar-refractivity contribution is 6.00. The van der Waals surface area contributed by atoms with E-state index in [-0.39, 0.29) is 24.3 Å². The van der Waals surface area contributed by atoms with Crippen LogP contribution in [0.15, 0.2) is 30.7 Å². The normalized spacial score (nSPS) is 16.9. The molecule has 1 aromatic carbocycles. The van der Waals surface area contributed by atoms with Gasteiger partial charge >= 0.3 is 6.18 Å². The van der Waals surface area contributed by atoms with Gasteiger partial charge in [-0.1, -0.05) is 0 Å². The lowest BCUT2D eigenvalue weighted by Gasteiger charge is -2.30. The lowest BCUT2D eigenvalue weighted by molar-refractivity contribution is -0.141. The molecule has 2 aromatic heterocycles. The highest BCUT2D eigenvalue weighted by atomic mass is 19.4. The van der Waals surface area contributed by atoms with Gasteiger partial charge in [0.2, 0.25) is 0 Å². The molecule has 1 amide bonds. The van der Waals surface area contributed by atoms with Crippen LogP contribution in [0, 0.1) is 0 Å². The summed E-state index contributed by atoms with van der Waals surface area (Å²) in [6.45, 7) is 3.25. The van der Waals surface area contributed by atoms with Crippen LogP contribution in [0.25, 0.3) is 16.8 Å². The second kappa shape index (κ2) is 9.94. The van der Waals surface area contributed by atoms with Crippen LogP contribution in [0.3, 0.4) is 0 Å². The zero-order valence-electron chi connectivity index (χ0n) is 19.8. The quantitative estimate of drug-likeness (QED) is 0.489. The van der Waals surface area contributed by atoms with Gasteiger partial charge in [-0.05, 0) is 29.7 Å². The maximum Gasteiger partial charge on any atom is 0.406 e. The van der Waals surface area contributed by atoms with Crippen LogP contribution in [-0.4, -0.2) is 96.1 Å². The maximum absolute atomic E-state index is 12.9. The number of carbonyl (C=O) groups is 1. The van der Waals surface area contributed by atoms with Gasteiger partial charge in [0, 0.05) is 31.7 Å². The highest BCUT2D eigenvalue weighted by Gasteiger charge is 2.37. The SMILES string of the molecule is COc1cc(-c2cnn3cc(OCCN4CCOCC4)cnc23)cc2c1C(=O)N(CC(F)(F)F)CC2. The van der Waals surface area contributed by atoms with E-state index in [0.717, 1.165) is 37.7 Å². The van der Waals surface area contributed by atoms with E-state index in [2.05, 4.69) is 15.0 Å². The summed E-state index contributed by atoms with van der Waals surface area (Å²) in [4.78, 5) is 20.4. The van der Waals surface area contributed by atoms with E-state index in [1.54, 1.807) is 35.2 Å². The molecular formula is C24H26F3N5O4. The molecule has 0 spiro atoms. The van der Waals surface area contributed by atoms with Crippen molar-refractivity contribution in [2.45, 2.75) is 12.6 Å². The van der Waals surface area contributed by atoms with Gasteiger partial charge in [0.15, 0.2) is 11.4 Å². The number of halogens is 3. The molecule has 0 saturated carbocycles. The first-order valence-corrected chi connectivity index (χ1v) is 11.7. The Morgan fingerprint density at radius 3 is 2.69 bits per heavy atom. The van der Waals surface area contributed by atoms with Crippen LogP contribution in [0.4, 0.5) is 13.2 Å². The minimum Gasteiger partial charge on any atom is -0.496 e. The molecule has 0 aliphatic carbocycles. The molecule has 0 bridgehead atoms. The van der Waals surface area contributed by atoms with Crippen LogP contribution in [0.1, 0.15) is 15.9 Å². The maximum atomic E-state index is 12.9. The molecule has 2 aliphatic rings. The molecule has 1 saturated heterocycles. The molecule has 192 valence electrons.